The second kappa shape index (κ2) is 13.1. The van der Waals surface area contributed by atoms with Crippen molar-refractivity contribution in [2.24, 2.45) is 10.2 Å². The summed E-state index contributed by atoms with van der Waals surface area (Å²) in [4.78, 5) is 25.7. The molecule has 0 radical (unpaired) electrons. The molecule has 5 rings (SSSR count). The van der Waals surface area contributed by atoms with E-state index in [4.69, 9.17) is 5.73 Å². The summed E-state index contributed by atoms with van der Waals surface area (Å²) in [6.45, 7) is -0.300. The van der Waals surface area contributed by atoms with E-state index >= 15 is 0 Å². The second-order valence-corrected chi connectivity index (χ2v) is 12.7. The van der Waals surface area contributed by atoms with Crippen molar-refractivity contribution in [1.29, 1.82) is 0 Å². The minimum Gasteiger partial charge on any atom is -0.744 e. The summed E-state index contributed by atoms with van der Waals surface area (Å²) in [6.07, 6.45) is 0. The van der Waals surface area contributed by atoms with Crippen LogP contribution < -0.4 is 64.8 Å². The van der Waals surface area contributed by atoms with E-state index < -0.39 is 47.5 Å². The molecular weight excluding hydrogens is 721 g/mol. The predicted octanol–water partition coefficient (Wildman–Crippen LogP) is -1.95. The smallest absolute Gasteiger partial charge is 0.744 e. The molecule has 0 unspecified atom stereocenters. The zero-order valence-electron chi connectivity index (χ0n) is 21.9. The van der Waals surface area contributed by atoms with Gasteiger partial charge in [0.2, 0.25) is 0 Å². The average Bonchev–Trinajstić information content (AvgIpc) is 2.89. The first kappa shape index (κ1) is 34.7. The van der Waals surface area contributed by atoms with Crippen LogP contribution >= 0.6 is 22.6 Å². The van der Waals surface area contributed by atoms with Crippen molar-refractivity contribution < 1.29 is 94.6 Å². The standard InChI is InChI=1S/C25H17IN4O8S2.2Na/c26-14-3-7-16(8-4-14)29-28-15-5-1-13(2-6-15)12-30-24(31)19-10-17(39(33,34)35)9-18-22(19)20(25(30)32)11-21(23(18)27)40(36,37)38;;/h1-11H,12,27H2,(H,33,34,35)(H,36,37,38);;/q;2*+1/p-2. The van der Waals surface area contributed by atoms with Crippen LogP contribution in [0, 0.1) is 3.57 Å². The maximum atomic E-state index is 13.4. The van der Waals surface area contributed by atoms with Gasteiger partial charge in [-0.05, 0) is 82.8 Å². The van der Waals surface area contributed by atoms with E-state index in [1.54, 1.807) is 36.4 Å². The van der Waals surface area contributed by atoms with E-state index in [0.717, 1.165) is 26.7 Å². The molecule has 0 saturated heterocycles. The van der Waals surface area contributed by atoms with E-state index in [9.17, 15) is 35.5 Å². The van der Waals surface area contributed by atoms with Crippen LogP contribution in [0.3, 0.4) is 0 Å². The summed E-state index contributed by atoms with van der Waals surface area (Å²) < 4.78 is 72.0. The van der Waals surface area contributed by atoms with Gasteiger partial charge in [-0.2, -0.15) is 10.2 Å². The molecule has 0 bridgehead atoms. The van der Waals surface area contributed by atoms with Gasteiger partial charge in [0.05, 0.1) is 39.0 Å². The third-order valence-electron chi connectivity index (χ3n) is 6.11. The van der Waals surface area contributed by atoms with Crippen molar-refractivity contribution in [2.75, 3.05) is 5.73 Å². The van der Waals surface area contributed by atoms with Crippen LogP contribution in [-0.4, -0.2) is 42.7 Å². The molecule has 0 saturated carbocycles. The third kappa shape index (κ3) is 6.96. The number of imide groups is 1. The average molecular weight is 736 g/mol. The number of azo groups is 1. The van der Waals surface area contributed by atoms with Gasteiger partial charge in [0.25, 0.3) is 11.8 Å². The number of benzene rings is 4. The molecule has 0 atom stereocenters. The molecule has 0 spiro atoms. The summed E-state index contributed by atoms with van der Waals surface area (Å²) in [5.41, 5.74) is 6.04. The number of nitrogens with zero attached hydrogens (tertiary/aromatic N) is 3. The van der Waals surface area contributed by atoms with Gasteiger partial charge < -0.3 is 14.8 Å². The molecule has 42 heavy (non-hydrogen) atoms. The molecular formula is C25H15IN4Na2O8S2. The van der Waals surface area contributed by atoms with Gasteiger partial charge in [0.15, 0.2) is 0 Å². The number of nitrogens with two attached hydrogens (primary N) is 1. The van der Waals surface area contributed by atoms with Crippen molar-refractivity contribution in [2.45, 2.75) is 16.3 Å². The molecule has 0 fully saturated rings. The van der Waals surface area contributed by atoms with Gasteiger partial charge in [0, 0.05) is 19.9 Å². The Bertz CT molecular complexity index is 1970. The Kier molecular flexibility index (Phi) is 10.8. The fourth-order valence-corrected chi connectivity index (χ4v) is 5.75. The van der Waals surface area contributed by atoms with Crippen molar-refractivity contribution in [3.63, 3.8) is 0 Å². The number of hydrogen-bond donors (Lipinski definition) is 1. The Morgan fingerprint density at radius 1 is 0.762 bits per heavy atom. The number of rotatable bonds is 6. The number of anilines is 1. The van der Waals surface area contributed by atoms with Crippen LogP contribution in [0.4, 0.5) is 17.1 Å². The van der Waals surface area contributed by atoms with Crippen LogP contribution in [0.5, 0.6) is 0 Å². The second-order valence-electron chi connectivity index (χ2n) is 8.68. The van der Waals surface area contributed by atoms with Crippen molar-refractivity contribution in [3.05, 3.63) is 87.0 Å². The number of carbonyl (C=O) groups excluding carboxylic acids is 2. The Balaban J connectivity index is 0.00000242. The van der Waals surface area contributed by atoms with Crippen LogP contribution in [0.2, 0.25) is 0 Å². The number of carbonyl (C=O) groups is 2. The van der Waals surface area contributed by atoms with Crippen molar-refractivity contribution >= 4 is 82.5 Å². The van der Waals surface area contributed by atoms with Gasteiger partial charge in [-0.3, -0.25) is 14.5 Å². The molecule has 12 nitrogen and oxygen atoms in total. The number of hydrogen-bond acceptors (Lipinski definition) is 11. The maximum Gasteiger partial charge on any atom is 1.00 e. The van der Waals surface area contributed by atoms with Crippen LogP contribution in [0.15, 0.2) is 86.7 Å². The van der Waals surface area contributed by atoms with E-state index in [2.05, 4.69) is 32.8 Å². The molecule has 0 aliphatic carbocycles. The topological polar surface area (TPSA) is 203 Å². The molecule has 2 amide bonds. The SMILES string of the molecule is Nc1c(S(=O)(=O)[O-])cc2c3c(cc(S(=O)(=O)[O-])cc13)C(=O)N(Cc1ccc(N=Nc3ccc(I)cc3)cc1)C2=O.[Na+].[Na+]. The summed E-state index contributed by atoms with van der Waals surface area (Å²) >= 11 is 2.17. The molecule has 1 aliphatic heterocycles. The number of halogens is 1. The van der Waals surface area contributed by atoms with Gasteiger partial charge in [0.1, 0.15) is 20.2 Å². The largest absolute Gasteiger partial charge is 1.00 e. The molecule has 2 N–H and O–H groups in total. The van der Waals surface area contributed by atoms with Crippen molar-refractivity contribution in [1.82, 2.24) is 4.90 Å². The fourth-order valence-electron chi connectivity index (χ4n) is 4.22. The summed E-state index contributed by atoms with van der Waals surface area (Å²) in [6, 6.07) is 16.0. The normalized spacial score (nSPS) is 13.3. The number of nitrogen functional groups attached to an aromatic ring is 1. The van der Waals surface area contributed by atoms with Gasteiger partial charge in [-0.1, -0.05) is 12.1 Å². The van der Waals surface area contributed by atoms with E-state index in [-0.39, 0.29) is 87.6 Å². The Labute approximate surface area is 298 Å². The first-order valence-corrected chi connectivity index (χ1v) is 15.1. The minimum atomic E-state index is -5.22. The minimum absolute atomic E-state index is 0. The fraction of sp³-hybridized carbons (Fsp3) is 0.0400. The molecule has 4 aromatic carbocycles. The summed E-state index contributed by atoms with van der Waals surface area (Å²) in [5.74, 6) is -1.87. The van der Waals surface area contributed by atoms with Crippen molar-refractivity contribution in [3.8, 4) is 0 Å². The monoisotopic (exact) mass is 736 g/mol. The molecule has 1 heterocycles. The first-order chi connectivity index (χ1) is 18.7. The van der Waals surface area contributed by atoms with Crippen LogP contribution in [-0.2, 0) is 26.8 Å². The van der Waals surface area contributed by atoms with Crippen LogP contribution in [0.1, 0.15) is 26.3 Å². The number of amides is 2. The molecule has 17 heteroatoms. The zero-order valence-corrected chi connectivity index (χ0v) is 29.7. The van der Waals surface area contributed by atoms with E-state index in [0.29, 0.717) is 16.9 Å². The molecule has 204 valence electrons. The van der Waals surface area contributed by atoms with Gasteiger partial charge >= 0.3 is 59.1 Å². The Morgan fingerprint density at radius 2 is 1.26 bits per heavy atom. The molecule has 0 aromatic heterocycles. The van der Waals surface area contributed by atoms with Crippen LogP contribution in [0.25, 0.3) is 10.8 Å². The van der Waals surface area contributed by atoms with E-state index in [1.165, 1.54) is 0 Å². The summed E-state index contributed by atoms with van der Waals surface area (Å²) in [7, 11) is -10.4. The molecule has 4 aromatic rings. The molecule has 1 aliphatic rings. The Morgan fingerprint density at radius 3 is 1.76 bits per heavy atom. The zero-order chi connectivity index (χ0) is 29.0. The summed E-state index contributed by atoms with van der Waals surface area (Å²) in [5, 5.41) is 7.74. The predicted molar refractivity (Wildman–Crippen MR) is 148 cm³/mol. The van der Waals surface area contributed by atoms with Gasteiger partial charge in [-0.15, -0.1) is 0 Å². The third-order valence-corrected chi connectivity index (χ3v) is 8.51. The Hall–Kier alpha value is -1.77. The van der Waals surface area contributed by atoms with E-state index in [1.807, 2.05) is 12.1 Å². The maximum absolute atomic E-state index is 13.4. The first-order valence-electron chi connectivity index (χ1n) is 11.2. The van der Waals surface area contributed by atoms with Gasteiger partial charge in [-0.25, -0.2) is 16.8 Å². The quantitative estimate of drug-likeness (QED) is 0.0584.